The standard InChI is InChI=1S/C20H16N3O7P/c1-14(24)21-19-4-2-3-5-20(19)30-31(29,17-10-6-15(7-11-17)22(25)26)18-12-8-16(9-13-18)23(27)28/h2-13H,1H3,(H,21,24). The number of rotatable bonds is 7. The van der Waals surface area contributed by atoms with Crippen LogP contribution in [0.4, 0.5) is 17.1 Å². The summed E-state index contributed by atoms with van der Waals surface area (Å²) in [6.07, 6.45) is 0. The van der Waals surface area contributed by atoms with E-state index in [2.05, 4.69) is 5.32 Å². The van der Waals surface area contributed by atoms with Crippen molar-refractivity contribution in [1.29, 1.82) is 0 Å². The highest BCUT2D eigenvalue weighted by Gasteiger charge is 2.32. The number of carbonyl (C=O) groups excluding carboxylic acids is 1. The summed E-state index contributed by atoms with van der Waals surface area (Å²) in [5, 5.41) is 24.8. The number of benzene rings is 3. The van der Waals surface area contributed by atoms with Gasteiger partial charge < -0.3 is 9.84 Å². The average Bonchev–Trinajstić information content (AvgIpc) is 2.75. The van der Waals surface area contributed by atoms with Crippen molar-refractivity contribution in [3.63, 3.8) is 0 Å². The molecule has 0 spiro atoms. The number of nitro groups is 2. The molecule has 0 aliphatic heterocycles. The van der Waals surface area contributed by atoms with Gasteiger partial charge in [-0.25, -0.2) is 0 Å². The summed E-state index contributed by atoms with van der Waals surface area (Å²) in [5.74, 6) is -0.255. The summed E-state index contributed by atoms with van der Waals surface area (Å²) >= 11 is 0. The molecule has 1 amide bonds. The molecule has 1 N–H and O–H groups in total. The van der Waals surface area contributed by atoms with Gasteiger partial charge >= 0.3 is 7.37 Å². The van der Waals surface area contributed by atoms with E-state index in [1.807, 2.05) is 0 Å². The zero-order valence-electron chi connectivity index (χ0n) is 16.1. The van der Waals surface area contributed by atoms with Gasteiger partial charge in [0.2, 0.25) is 5.91 Å². The summed E-state index contributed by atoms with van der Waals surface area (Å²) in [6.45, 7) is 1.31. The molecule has 3 aromatic rings. The largest absolute Gasteiger partial charge is 0.435 e. The Balaban J connectivity index is 2.13. The number of para-hydroxylation sites is 2. The Bertz CT molecular complexity index is 1130. The Morgan fingerprint density at radius 2 is 1.29 bits per heavy atom. The zero-order chi connectivity index (χ0) is 22.6. The summed E-state index contributed by atoms with van der Waals surface area (Å²) in [6, 6.07) is 16.3. The molecule has 11 heteroatoms. The average molecular weight is 441 g/mol. The third-order valence-electron chi connectivity index (χ3n) is 4.23. The highest BCUT2D eigenvalue weighted by Crippen LogP contribution is 2.47. The summed E-state index contributed by atoms with van der Waals surface area (Å²) in [4.78, 5) is 32.3. The van der Waals surface area contributed by atoms with Gasteiger partial charge in [0.05, 0.1) is 26.1 Å². The van der Waals surface area contributed by atoms with E-state index in [1.54, 1.807) is 18.2 Å². The highest BCUT2D eigenvalue weighted by molar-refractivity contribution is 7.74. The predicted molar refractivity (Wildman–Crippen MR) is 114 cm³/mol. The monoisotopic (exact) mass is 441 g/mol. The van der Waals surface area contributed by atoms with Crippen LogP contribution in [0.25, 0.3) is 0 Å². The van der Waals surface area contributed by atoms with E-state index >= 15 is 0 Å². The Labute approximate surface area is 176 Å². The van der Waals surface area contributed by atoms with Crippen LogP contribution in [-0.2, 0) is 9.36 Å². The van der Waals surface area contributed by atoms with Gasteiger partial charge in [-0.05, 0) is 36.4 Å². The first kappa shape index (κ1) is 21.7. The van der Waals surface area contributed by atoms with Crippen molar-refractivity contribution in [2.75, 3.05) is 5.32 Å². The van der Waals surface area contributed by atoms with Crippen molar-refractivity contribution in [1.82, 2.24) is 0 Å². The second-order valence-electron chi connectivity index (χ2n) is 6.37. The van der Waals surface area contributed by atoms with Crippen LogP contribution in [0.5, 0.6) is 5.75 Å². The van der Waals surface area contributed by atoms with Crippen LogP contribution in [0.3, 0.4) is 0 Å². The molecule has 0 bridgehead atoms. The van der Waals surface area contributed by atoms with Gasteiger partial charge in [-0.15, -0.1) is 0 Å². The molecule has 158 valence electrons. The Morgan fingerprint density at radius 1 is 0.839 bits per heavy atom. The zero-order valence-corrected chi connectivity index (χ0v) is 17.0. The van der Waals surface area contributed by atoms with Crippen LogP contribution in [0.2, 0.25) is 0 Å². The van der Waals surface area contributed by atoms with E-state index in [1.165, 1.54) is 61.5 Å². The number of anilines is 1. The summed E-state index contributed by atoms with van der Waals surface area (Å²) < 4.78 is 20.0. The quantitative estimate of drug-likeness (QED) is 0.334. The lowest BCUT2D eigenvalue weighted by Crippen LogP contribution is -2.21. The molecule has 0 aliphatic rings. The van der Waals surface area contributed by atoms with Gasteiger partial charge in [-0.1, -0.05) is 12.1 Å². The van der Waals surface area contributed by atoms with Crippen LogP contribution in [0.1, 0.15) is 6.92 Å². The van der Waals surface area contributed by atoms with Crippen LogP contribution < -0.4 is 20.4 Å². The molecule has 3 rings (SSSR count). The predicted octanol–water partition coefficient (Wildman–Crippen LogP) is 3.77. The number of nitro benzene ring substituents is 2. The fraction of sp³-hybridized carbons (Fsp3) is 0.0500. The normalized spacial score (nSPS) is 10.9. The number of carbonyl (C=O) groups is 1. The smallest absolute Gasteiger partial charge is 0.306 e. The fourth-order valence-electron chi connectivity index (χ4n) is 2.77. The van der Waals surface area contributed by atoms with Crippen molar-refractivity contribution in [2.45, 2.75) is 6.92 Å². The SMILES string of the molecule is CC(=O)Nc1ccccc1OP(=O)(c1ccc([N+](=O)[O-])cc1)c1ccc([N+](=O)[O-])cc1. The Morgan fingerprint density at radius 3 is 1.71 bits per heavy atom. The van der Waals surface area contributed by atoms with E-state index in [0.29, 0.717) is 0 Å². The number of non-ortho nitro benzene ring substituents is 2. The van der Waals surface area contributed by atoms with Crippen molar-refractivity contribution in [3.8, 4) is 5.75 Å². The molecule has 0 saturated carbocycles. The third kappa shape index (κ3) is 4.76. The van der Waals surface area contributed by atoms with Gasteiger partial charge in [0.15, 0.2) is 5.75 Å². The van der Waals surface area contributed by atoms with E-state index in [0.717, 1.165) is 0 Å². The van der Waals surface area contributed by atoms with Crippen molar-refractivity contribution < 1.29 is 23.7 Å². The van der Waals surface area contributed by atoms with Crippen LogP contribution in [-0.4, -0.2) is 15.8 Å². The molecular formula is C20H16N3O7P. The minimum Gasteiger partial charge on any atom is -0.435 e. The van der Waals surface area contributed by atoms with E-state index in [-0.39, 0.29) is 39.3 Å². The molecule has 0 unspecified atom stereocenters. The molecule has 31 heavy (non-hydrogen) atoms. The van der Waals surface area contributed by atoms with Gasteiger partial charge in [-0.2, -0.15) is 0 Å². The molecule has 3 aromatic carbocycles. The van der Waals surface area contributed by atoms with Gasteiger partial charge in [0.25, 0.3) is 11.4 Å². The Kier molecular flexibility index (Phi) is 6.12. The van der Waals surface area contributed by atoms with E-state index in [4.69, 9.17) is 4.52 Å². The molecule has 10 nitrogen and oxygen atoms in total. The topological polar surface area (TPSA) is 142 Å². The second kappa shape index (κ2) is 8.76. The molecule has 0 atom stereocenters. The molecule has 0 heterocycles. The van der Waals surface area contributed by atoms with Crippen LogP contribution >= 0.6 is 7.37 Å². The lowest BCUT2D eigenvalue weighted by Gasteiger charge is -2.22. The minimum atomic E-state index is -3.91. The molecular weight excluding hydrogens is 425 g/mol. The van der Waals surface area contributed by atoms with E-state index < -0.39 is 17.2 Å². The second-order valence-corrected chi connectivity index (χ2v) is 8.69. The van der Waals surface area contributed by atoms with Crippen LogP contribution in [0, 0.1) is 20.2 Å². The number of nitrogens with zero attached hydrogens (tertiary/aromatic N) is 2. The third-order valence-corrected chi connectivity index (χ3v) is 6.64. The van der Waals surface area contributed by atoms with Crippen molar-refractivity contribution in [3.05, 3.63) is 93.0 Å². The highest BCUT2D eigenvalue weighted by atomic mass is 31.2. The summed E-state index contributed by atoms with van der Waals surface area (Å²) in [7, 11) is -3.91. The Hall–Kier alpha value is -4.04. The molecule has 0 fully saturated rings. The minimum absolute atomic E-state index is 0.109. The maximum Gasteiger partial charge on any atom is 0.306 e. The number of hydrogen-bond donors (Lipinski definition) is 1. The number of nitrogens with one attached hydrogen (secondary N) is 1. The van der Waals surface area contributed by atoms with Crippen molar-refractivity contribution >= 4 is 40.9 Å². The molecule has 0 aliphatic carbocycles. The van der Waals surface area contributed by atoms with Gasteiger partial charge in [-0.3, -0.25) is 29.6 Å². The summed E-state index contributed by atoms with van der Waals surface area (Å²) in [5.41, 5.74) is -0.116. The van der Waals surface area contributed by atoms with Crippen LogP contribution in [0.15, 0.2) is 72.8 Å². The fourth-order valence-corrected chi connectivity index (χ4v) is 4.80. The van der Waals surface area contributed by atoms with Gasteiger partial charge in [0, 0.05) is 31.2 Å². The first-order valence-corrected chi connectivity index (χ1v) is 10.5. The molecule has 0 aromatic heterocycles. The van der Waals surface area contributed by atoms with Gasteiger partial charge in [0.1, 0.15) is 0 Å². The maximum atomic E-state index is 14.1. The number of hydrogen-bond acceptors (Lipinski definition) is 7. The lowest BCUT2D eigenvalue weighted by molar-refractivity contribution is -0.385. The van der Waals surface area contributed by atoms with E-state index in [9.17, 15) is 29.6 Å². The first-order chi connectivity index (χ1) is 14.7. The first-order valence-electron chi connectivity index (χ1n) is 8.87. The number of amides is 1. The lowest BCUT2D eigenvalue weighted by atomic mass is 10.3. The maximum absolute atomic E-state index is 14.1. The molecule has 0 radical (unpaired) electrons. The van der Waals surface area contributed by atoms with Crippen molar-refractivity contribution in [2.24, 2.45) is 0 Å². The molecule has 0 saturated heterocycles.